The maximum Gasteiger partial charge on any atom is 0.310 e. The summed E-state index contributed by atoms with van der Waals surface area (Å²) in [5.74, 6) is -2.28. The van der Waals surface area contributed by atoms with E-state index in [1.807, 2.05) is 6.92 Å². The standard InChI is InChI=1S/C6H14N2O2.C6H11NO3/c2*1-4(7)2-5(8)3-6(9)10/h4-5H,2-3,7-8H2,1H3,(H,9,10);4H,2-3,7H2,1H3,(H,9,10). The molecule has 118 valence electrons. The van der Waals surface area contributed by atoms with Crippen LogP contribution in [0.5, 0.6) is 0 Å². The molecule has 0 bridgehead atoms. The molecule has 8 N–H and O–H groups in total. The van der Waals surface area contributed by atoms with E-state index < -0.39 is 18.4 Å². The number of Topliss-reactive ketones (excluding diaryl/α,β-unsaturated/α-hetero) is 1. The molecule has 3 unspecified atom stereocenters. The van der Waals surface area contributed by atoms with Crippen LogP contribution < -0.4 is 17.2 Å². The number of ketones is 1. The molecule has 0 aromatic rings. The predicted octanol–water partition coefficient (Wildman–Crippen LogP) is -0.707. The molecule has 0 aliphatic carbocycles. The van der Waals surface area contributed by atoms with Crippen LogP contribution in [-0.4, -0.2) is 46.1 Å². The van der Waals surface area contributed by atoms with Gasteiger partial charge in [0.25, 0.3) is 0 Å². The van der Waals surface area contributed by atoms with Gasteiger partial charge in [0.2, 0.25) is 0 Å². The largest absolute Gasteiger partial charge is 0.481 e. The lowest BCUT2D eigenvalue weighted by molar-refractivity contribution is -0.140. The first-order valence-electron chi connectivity index (χ1n) is 6.26. The third kappa shape index (κ3) is 18.8. The maximum atomic E-state index is 10.6. The van der Waals surface area contributed by atoms with Crippen LogP contribution in [0, 0.1) is 0 Å². The number of carbonyl (C=O) groups excluding carboxylic acids is 1. The Balaban J connectivity index is 0. The van der Waals surface area contributed by atoms with Crippen LogP contribution in [0.25, 0.3) is 0 Å². The minimum atomic E-state index is -1.09. The molecule has 0 radical (unpaired) electrons. The minimum Gasteiger partial charge on any atom is -0.481 e. The average molecular weight is 291 g/mol. The van der Waals surface area contributed by atoms with Gasteiger partial charge in [-0.2, -0.15) is 0 Å². The predicted molar refractivity (Wildman–Crippen MR) is 74.0 cm³/mol. The van der Waals surface area contributed by atoms with E-state index in [9.17, 15) is 14.4 Å². The molecule has 0 amide bonds. The van der Waals surface area contributed by atoms with Gasteiger partial charge < -0.3 is 27.4 Å². The Labute approximate surface area is 118 Å². The smallest absolute Gasteiger partial charge is 0.310 e. The van der Waals surface area contributed by atoms with Gasteiger partial charge in [0.05, 0.1) is 6.42 Å². The van der Waals surface area contributed by atoms with E-state index in [1.165, 1.54) is 0 Å². The molecule has 0 fully saturated rings. The second-order valence-corrected chi connectivity index (χ2v) is 4.86. The summed E-state index contributed by atoms with van der Waals surface area (Å²) in [5, 5.41) is 16.4. The quantitative estimate of drug-likeness (QED) is 0.365. The Morgan fingerprint density at radius 1 is 0.900 bits per heavy atom. The van der Waals surface area contributed by atoms with Gasteiger partial charge in [0, 0.05) is 24.5 Å². The summed E-state index contributed by atoms with van der Waals surface area (Å²) in [6.07, 6.45) is 0.293. The highest BCUT2D eigenvalue weighted by Crippen LogP contribution is 1.96. The number of carboxylic acid groups (broad SMARTS) is 2. The molecule has 8 heteroatoms. The van der Waals surface area contributed by atoms with Crippen molar-refractivity contribution in [2.24, 2.45) is 17.2 Å². The summed E-state index contributed by atoms with van der Waals surface area (Å²) in [6.45, 7) is 3.47. The highest BCUT2D eigenvalue weighted by molar-refractivity contribution is 5.94. The third-order valence-corrected chi connectivity index (χ3v) is 2.01. The lowest BCUT2D eigenvalue weighted by atomic mass is 10.1. The van der Waals surface area contributed by atoms with E-state index in [2.05, 4.69) is 0 Å². The number of hydrogen-bond acceptors (Lipinski definition) is 6. The van der Waals surface area contributed by atoms with Gasteiger partial charge in [0.1, 0.15) is 12.2 Å². The van der Waals surface area contributed by atoms with Crippen molar-refractivity contribution in [1.82, 2.24) is 0 Å². The van der Waals surface area contributed by atoms with Gasteiger partial charge >= 0.3 is 11.9 Å². The Morgan fingerprint density at radius 2 is 1.40 bits per heavy atom. The molecule has 0 spiro atoms. The molecule has 0 saturated carbocycles. The first kappa shape index (κ1) is 20.8. The Morgan fingerprint density at radius 3 is 1.70 bits per heavy atom. The van der Waals surface area contributed by atoms with Crippen molar-refractivity contribution in [1.29, 1.82) is 0 Å². The van der Waals surface area contributed by atoms with Crippen LogP contribution in [0.2, 0.25) is 0 Å². The lowest BCUT2D eigenvalue weighted by Gasteiger charge is -2.10. The van der Waals surface area contributed by atoms with Crippen molar-refractivity contribution in [3.8, 4) is 0 Å². The average Bonchev–Trinajstić information content (AvgIpc) is 2.11. The molecular formula is C12H25N3O5. The van der Waals surface area contributed by atoms with Gasteiger partial charge in [0.15, 0.2) is 0 Å². The van der Waals surface area contributed by atoms with Crippen LogP contribution in [-0.2, 0) is 14.4 Å². The highest BCUT2D eigenvalue weighted by atomic mass is 16.4. The summed E-state index contributed by atoms with van der Waals surface area (Å²) < 4.78 is 0. The van der Waals surface area contributed by atoms with Gasteiger partial charge in [-0.25, -0.2) is 0 Å². The van der Waals surface area contributed by atoms with Crippen molar-refractivity contribution >= 4 is 17.7 Å². The van der Waals surface area contributed by atoms with Gasteiger partial charge in [-0.3, -0.25) is 14.4 Å². The van der Waals surface area contributed by atoms with Crippen molar-refractivity contribution in [3.05, 3.63) is 0 Å². The molecule has 0 aliphatic rings. The zero-order chi connectivity index (χ0) is 16.3. The van der Waals surface area contributed by atoms with Gasteiger partial charge in [-0.15, -0.1) is 0 Å². The SMILES string of the molecule is CC(N)CC(=O)CC(=O)O.CC(N)CC(N)CC(=O)O. The van der Waals surface area contributed by atoms with Crippen LogP contribution in [0.4, 0.5) is 0 Å². The van der Waals surface area contributed by atoms with E-state index in [0.29, 0.717) is 6.42 Å². The fourth-order valence-electron chi connectivity index (χ4n) is 1.39. The molecular weight excluding hydrogens is 266 g/mol. The van der Waals surface area contributed by atoms with Crippen molar-refractivity contribution in [2.45, 2.75) is 57.7 Å². The summed E-state index contributed by atoms with van der Waals surface area (Å²) in [5.41, 5.74) is 16.1. The Kier molecular flexibility index (Phi) is 11.8. The third-order valence-electron chi connectivity index (χ3n) is 2.01. The summed E-state index contributed by atoms with van der Waals surface area (Å²) >= 11 is 0. The number of nitrogens with two attached hydrogens (primary N) is 3. The van der Waals surface area contributed by atoms with Crippen molar-refractivity contribution in [2.75, 3.05) is 0 Å². The highest BCUT2D eigenvalue weighted by Gasteiger charge is 2.09. The second kappa shape index (κ2) is 11.3. The molecule has 0 saturated heterocycles. The molecule has 20 heavy (non-hydrogen) atoms. The number of aliphatic carboxylic acids is 2. The van der Waals surface area contributed by atoms with E-state index in [4.69, 9.17) is 27.4 Å². The normalized spacial score (nSPS) is 14.4. The molecule has 0 rings (SSSR count). The zero-order valence-corrected chi connectivity index (χ0v) is 11.9. The Hall–Kier alpha value is -1.51. The molecule has 3 atom stereocenters. The van der Waals surface area contributed by atoms with Crippen LogP contribution in [0.15, 0.2) is 0 Å². The second-order valence-electron chi connectivity index (χ2n) is 4.86. The van der Waals surface area contributed by atoms with E-state index in [-0.39, 0.29) is 36.8 Å². The first-order chi connectivity index (χ1) is 9.04. The molecule has 8 nitrogen and oxygen atoms in total. The van der Waals surface area contributed by atoms with Gasteiger partial charge in [-0.1, -0.05) is 0 Å². The molecule has 0 aromatic carbocycles. The molecule has 0 aromatic heterocycles. The fourth-order valence-corrected chi connectivity index (χ4v) is 1.39. The van der Waals surface area contributed by atoms with Crippen molar-refractivity contribution in [3.63, 3.8) is 0 Å². The number of carbonyl (C=O) groups is 3. The molecule has 0 aliphatic heterocycles. The number of hydrogen-bond donors (Lipinski definition) is 5. The summed E-state index contributed by atoms with van der Waals surface area (Å²) in [6, 6.07) is -0.571. The van der Waals surface area contributed by atoms with Crippen LogP contribution >= 0.6 is 0 Å². The fraction of sp³-hybridized carbons (Fsp3) is 0.750. The maximum absolute atomic E-state index is 10.6. The molecule has 0 heterocycles. The number of rotatable bonds is 8. The van der Waals surface area contributed by atoms with Crippen LogP contribution in [0.1, 0.15) is 39.5 Å². The zero-order valence-electron chi connectivity index (χ0n) is 11.9. The van der Waals surface area contributed by atoms with E-state index in [0.717, 1.165) is 0 Å². The van der Waals surface area contributed by atoms with E-state index in [1.54, 1.807) is 6.92 Å². The lowest BCUT2D eigenvalue weighted by Crippen LogP contribution is -2.31. The number of carboxylic acids is 2. The Bertz CT molecular complexity index is 318. The monoisotopic (exact) mass is 291 g/mol. The summed E-state index contributed by atoms with van der Waals surface area (Å²) in [4.78, 5) is 30.6. The topological polar surface area (TPSA) is 170 Å². The van der Waals surface area contributed by atoms with E-state index >= 15 is 0 Å². The first-order valence-corrected chi connectivity index (χ1v) is 6.26. The van der Waals surface area contributed by atoms with Crippen LogP contribution in [0.3, 0.4) is 0 Å². The minimum absolute atomic E-state index is 0.00153. The summed E-state index contributed by atoms with van der Waals surface area (Å²) in [7, 11) is 0. The van der Waals surface area contributed by atoms with Gasteiger partial charge in [-0.05, 0) is 20.3 Å². The van der Waals surface area contributed by atoms with Crippen molar-refractivity contribution < 1.29 is 24.6 Å².